The SMILES string of the molecule is CC12CC(C1)N2c1nc(N[C@@H]2CCC[C@@H](O)C2)ncc1C(N)=O. The average molecular weight is 317 g/mol. The summed E-state index contributed by atoms with van der Waals surface area (Å²) in [4.78, 5) is 22.7. The van der Waals surface area contributed by atoms with Gasteiger partial charge in [-0.1, -0.05) is 0 Å². The van der Waals surface area contributed by atoms with Gasteiger partial charge in [0.1, 0.15) is 11.4 Å². The summed E-state index contributed by atoms with van der Waals surface area (Å²) < 4.78 is 0. The van der Waals surface area contributed by atoms with E-state index in [4.69, 9.17) is 5.73 Å². The Kier molecular flexibility index (Phi) is 3.23. The van der Waals surface area contributed by atoms with Crippen LogP contribution < -0.4 is 16.0 Å². The van der Waals surface area contributed by atoms with Gasteiger partial charge >= 0.3 is 0 Å². The minimum absolute atomic E-state index is 0.113. The van der Waals surface area contributed by atoms with E-state index in [1.165, 1.54) is 6.20 Å². The lowest BCUT2D eigenvalue weighted by Crippen LogP contribution is -2.78. The highest BCUT2D eigenvalue weighted by molar-refractivity contribution is 5.98. The van der Waals surface area contributed by atoms with Gasteiger partial charge in [0.15, 0.2) is 0 Å². The smallest absolute Gasteiger partial charge is 0.254 e. The van der Waals surface area contributed by atoms with Crippen LogP contribution in [0.2, 0.25) is 0 Å². The van der Waals surface area contributed by atoms with Gasteiger partial charge in [-0.2, -0.15) is 4.98 Å². The van der Waals surface area contributed by atoms with Crippen molar-refractivity contribution in [2.24, 2.45) is 5.73 Å². The molecule has 1 aromatic rings. The molecule has 4 aliphatic rings. The summed E-state index contributed by atoms with van der Waals surface area (Å²) in [5.41, 5.74) is 5.98. The second-order valence-electron chi connectivity index (χ2n) is 7.39. The molecule has 2 aliphatic heterocycles. The average Bonchev–Trinajstić information content (AvgIpc) is 2.44. The maximum absolute atomic E-state index is 11.7. The van der Waals surface area contributed by atoms with Gasteiger partial charge in [-0.25, -0.2) is 4.98 Å². The molecule has 0 aromatic carbocycles. The Balaban J connectivity index is 1.58. The number of primary amides is 1. The molecule has 0 spiro atoms. The largest absolute Gasteiger partial charge is 0.393 e. The highest BCUT2D eigenvalue weighted by atomic mass is 16.3. The van der Waals surface area contributed by atoms with E-state index in [1.807, 2.05) is 0 Å². The van der Waals surface area contributed by atoms with Gasteiger partial charge in [0.05, 0.1) is 6.10 Å². The molecule has 2 atom stereocenters. The fourth-order valence-corrected chi connectivity index (χ4v) is 4.26. The molecule has 4 N–H and O–H groups in total. The molecule has 1 amide bonds. The molecule has 2 aliphatic carbocycles. The molecule has 1 aromatic heterocycles. The zero-order valence-corrected chi connectivity index (χ0v) is 13.3. The highest BCUT2D eigenvalue weighted by Crippen LogP contribution is 2.56. The van der Waals surface area contributed by atoms with Crippen LogP contribution in [0.4, 0.5) is 11.8 Å². The summed E-state index contributed by atoms with van der Waals surface area (Å²) in [5, 5.41) is 13.1. The number of carbonyl (C=O) groups is 1. The van der Waals surface area contributed by atoms with Gasteiger partial charge in [-0.05, 0) is 45.4 Å². The summed E-state index contributed by atoms with van der Waals surface area (Å²) in [7, 11) is 0. The van der Waals surface area contributed by atoms with Crippen LogP contribution in [-0.4, -0.2) is 44.7 Å². The third-order valence-corrected chi connectivity index (χ3v) is 5.54. The molecular weight excluding hydrogens is 294 g/mol. The van der Waals surface area contributed by atoms with Crippen LogP contribution in [-0.2, 0) is 0 Å². The van der Waals surface area contributed by atoms with Crippen LogP contribution in [0.3, 0.4) is 0 Å². The molecule has 7 nitrogen and oxygen atoms in total. The number of hydrogen-bond donors (Lipinski definition) is 3. The first kappa shape index (κ1) is 14.7. The fraction of sp³-hybridized carbons (Fsp3) is 0.688. The number of hydrogen-bond acceptors (Lipinski definition) is 6. The second kappa shape index (κ2) is 5.06. The van der Waals surface area contributed by atoms with Crippen LogP contribution >= 0.6 is 0 Å². The first-order valence-electron chi connectivity index (χ1n) is 8.37. The molecule has 124 valence electrons. The van der Waals surface area contributed by atoms with Crippen molar-refractivity contribution >= 4 is 17.7 Å². The van der Waals surface area contributed by atoms with Crippen molar-refractivity contribution in [1.82, 2.24) is 9.97 Å². The number of nitrogens with one attached hydrogen (secondary N) is 1. The van der Waals surface area contributed by atoms with E-state index in [1.54, 1.807) is 0 Å². The van der Waals surface area contributed by atoms with Crippen LogP contribution in [0.15, 0.2) is 6.20 Å². The maximum atomic E-state index is 11.7. The van der Waals surface area contributed by atoms with E-state index in [-0.39, 0.29) is 17.7 Å². The lowest BCUT2D eigenvalue weighted by Gasteiger charge is -2.70. The zero-order chi connectivity index (χ0) is 16.2. The zero-order valence-electron chi connectivity index (χ0n) is 13.3. The van der Waals surface area contributed by atoms with Gasteiger partial charge < -0.3 is 21.1 Å². The van der Waals surface area contributed by atoms with Crippen LogP contribution in [0.25, 0.3) is 0 Å². The van der Waals surface area contributed by atoms with Crippen molar-refractivity contribution in [3.05, 3.63) is 11.8 Å². The Morgan fingerprint density at radius 3 is 2.83 bits per heavy atom. The number of aliphatic hydroxyl groups excluding tert-OH is 1. The van der Waals surface area contributed by atoms with Crippen LogP contribution in [0.5, 0.6) is 0 Å². The fourth-order valence-electron chi connectivity index (χ4n) is 4.26. The van der Waals surface area contributed by atoms with Crippen LogP contribution in [0.1, 0.15) is 55.8 Å². The summed E-state index contributed by atoms with van der Waals surface area (Å²) in [6.45, 7) is 2.18. The first-order valence-corrected chi connectivity index (χ1v) is 8.37. The highest BCUT2D eigenvalue weighted by Gasteiger charge is 2.61. The number of aromatic nitrogens is 2. The summed E-state index contributed by atoms with van der Waals surface area (Å²) in [6.07, 6.45) is 7.12. The summed E-state index contributed by atoms with van der Waals surface area (Å²) in [5.74, 6) is 0.671. The predicted molar refractivity (Wildman–Crippen MR) is 86.3 cm³/mol. The van der Waals surface area contributed by atoms with E-state index in [0.717, 1.165) is 32.1 Å². The standard InChI is InChI=1S/C16H23N5O2/c1-16-6-10(7-16)21(16)14-12(13(17)23)8-18-15(20-14)19-9-3-2-4-11(22)5-9/h8-11,22H,2-7H2,1H3,(H2,17,23)(H,18,19,20)/t9-,10?,11-,16?/m1/s1. The van der Waals surface area contributed by atoms with Crippen molar-refractivity contribution in [2.45, 2.75) is 69.2 Å². The third-order valence-electron chi connectivity index (χ3n) is 5.54. The lowest BCUT2D eigenvalue weighted by molar-refractivity contribution is 0.0620. The Labute approximate surface area is 135 Å². The van der Waals surface area contributed by atoms with E-state index in [0.29, 0.717) is 29.8 Å². The van der Waals surface area contributed by atoms with Gasteiger partial charge in [-0.3, -0.25) is 4.79 Å². The maximum Gasteiger partial charge on any atom is 0.254 e. The molecule has 7 heteroatoms. The quantitative estimate of drug-likeness (QED) is 0.766. The number of anilines is 2. The number of rotatable bonds is 4. The Bertz CT molecular complexity index is 643. The molecule has 2 saturated heterocycles. The van der Waals surface area contributed by atoms with Gasteiger partial charge in [0.25, 0.3) is 5.91 Å². The topological polar surface area (TPSA) is 104 Å². The molecule has 5 rings (SSSR count). The Morgan fingerprint density at radius 1 is 1.48 bits per heavy atom. The number of amides is 1. The Hall–Kier alpha value is -1.89. The number of carbonyl (C=O) groups excluding carboxylic acids is 1. The molecular formula is C16H23N5O2. The number of aliphatic hydroxyl groups is 1. The molecule has 3 heterocycles. The number of nitrogens with two attached hydrogens (primary N) is 1. The molecule has 0 radical (unpaired) electrons. The number of nitrogens with zero attached hydrogens (tertiary/aromatic N) is 3. The third kappa shape index (κ3) is 2.34. The van der Waals surface area contributed by atoms with E-state index < -0.39 is 5.91 Å². The van der Waals surface area contributed by atoms with Gasteiger partial charge in [0.2, 0.25) is 5.95 Å². The molecule has 2 saturated carbocycles. The summed E-state index contributed by atoms with van der Waals surface area (Å²) in [6, 6.07) is 0.643. The predicted octanol–water partition coefficient (Wildman–Crippen LogP) is 1.03. The van der Waals surface area contributed by atoms with E-state index in [2.05, 4.69) is 27.1 Å². The monoisotopic (exact) mass is 317 g/mol. The lowest BCUT2D eigenvalue weighted by atomic mass is 9.61. The minimum Gasteiger partial charge on any atom is -0.393 e. The van der Waals surface area contributed by atoms with Gasteiger partial charge in [0, 0.05) is 23.8 Å². The normalized spacial score (nSPS) is 35.2. The summed E-state index contributed by atoms with van der Waals surface area (Å²) >= 11 is 0. The minimum atomic E-state index is -0.491. The van der Waals surface area contributed by atoms with Crippen molar-refractivity contribution in [1.29, 1.82) is 0 Å². The van der Waals surface area contributed by atoms with Crippen molar-refractivity contribution < 1.29 is 9.90 Å². The van der Waals surface area contributed by atoms with E-state index >= 15 is 0 Å². The van der Waals surface area contributed by atoms with Crippen molar-refractivity contribution in [3.8, 4) is 0 Å². The van der Waals surface area contributed by atoms with Crippen molar-refractivity contribution in [2.75, 3.05) is 10.2 Å². The van der Waals surface area contributed by atoms with Crippen LogP contribution in [0, 0.1) is 0 Å². The molecule has 2 bridgehead atoms. The molecule has 4 fully saturated rings. The Morgan fingerprint density at radius 2 is 2.26 bits per heavy atom. The molecule has 23 heavy (non-hydrogen) atoms. The second-order valence-corrected chi connectivity index (χ2v) is 7.39. The first-order chi connectivity index (χ1) is 11.0. The molecule has 0 unspecified atom stereocenters. The van der Waals surface area contributed by atoms with E-state index in [9.17, 15) is 9.90 Å². The van der Waals surface area contributed by atoms with Crippen molar-refractivity contribution in [3.63, 3.8) is 0 Å². The van der Waals surface area contributed by atoms with Gasteiger partial charge in [-0.15, -0.1) is 0 Å².